The number of hydrogen-bond acceptors (Lipinski definition) is 9. The third-order valence-corrected chi connectivity index (χ3v) is 10.4. The van der Waals surface area contributed by atoms with Crippen LogP contribution in [-0.2, 0) is 48.3 Å². The fraction of sp³-hybridized carbons (Fsp3) is 0.340. The van der Waals surface area contributed by atoms with Crippen molar-refractivity contribution in [1.82, 2.24) is 20.5 Å². The molecule has 2 heterocycles. The van der Waals surface area contributed by atoms with Crippen LogP contribution < -0.4 is 24.8 Å². The molecule has 13 heteroatoms. The topological polar surface area (TPSA) is 165 Å². The van der Waals surface area contributed by atoms with Gasteiger partial charge in [0.2, 0.25) is 11.8 Å². The molecule has 3 N–H and O–H groups in total. The Hall–Kier alpha value is -6.63. The van der Waals surface area contributed by atoms with Crippen LogP contribution in [0.25, 0.3) is 22.2 Å². The van der Waals surface area contributed by atoms with Gasteiger partial charge in [-0.05, 0) is 67.1 Å². The number of nitrogens with zero attached hydrogens (tertiary/aromatic N) is 1. The van der Waals surface area contributed by atoms with Crippen LogP contribution in [-0.4, -0.2) is 79.8 Å². The van der Waals surface area contributed by atoms with Gasteiger partial charge in [0.1, 0.15) is 43.1 Å². The summed E-state index contributed by atoms with van der Waals surface area (Å²) in [6, 6.07) is 29.5. The number of likely N-dealkylation sites (N-methyl/N-ethyl adjacent to an activating group) is 1. The number of esters is 1. The molecule has 0 radical (unpaired) electrons. The number of aryl methyl sites for hydroxylation is 1. The average Bonchev–Trinajstić information content (AvgIpc) is 3.65. The van der Waals surface area contributed by atoms with E-state index in [-0.39, 0.29) is 62.8 Å². The number of amides is 3. The standard InChI is InChI=1S/C47H52N4O9/c1-48-46(55)33(16-10-11-17-44(54)60-27-32-14-8-5-9-15-32)24-34(52)28-57-36-19-21-37-42(26-36)59-29-39-38-25-35(20-23-40(38)50-45(37)39)58-30-43(53)49-41(47(56)51(2)3)22-18-31-12-6-4-7-13-31/h4-9,12-15,19-21,23,25-26,33,41,50H,10-11,16-18,22,24,27-30H2,1-3H3,(H,48,55)(H,49,53). The third-order valence-electron chi connectivity index (χ3n) is 10.4. The minimum atomic E-state index is -0.683. The van der Waals surface area contributed by atoms with Gasteiger partial charge in [0, 0.05) is 68.0 Å². The molecule has 0 spiro atoms. The Labute approximate surface area is 349 Å². The first-order valence-corrected chi connectivity index (χ1v) is 20.2. The molecule has 0 saturated heterocycles. The zero-order chi connectivity index (χ0) is 42.4. The van der Waals surface area contributed by atoms with Crippen LogP contribution in [0.2, 0.25) is 0 Å². The van der Waals surface area contributed by atoms with Gasteiger partial charge in [0.25, 0.3) is 5.91 Å². The molecule has 13 nitrogen and oxygen atoms in total. The van der Waals surface area contributed by atoms with Crippen LogP contribution in [0.3, 0.4) is 0 Å². The fourth-order valence-corrected chi connectivity index (χ4v) is 7.17. The second-order valence-electron chi connectivity index (χ2n) is 15.0. The van der Waals surface area contributed by atoms with Gasteiger partial charge in [-0.15, -0.1) is 0 Å². The summed E-state index contributed by atoms with van der Waals surface area (Å²) >= 11 is 0. The molecule has 4 aromatic carbocycles. The third kappa shape index (κ3) is 11.7. The maximum atomic E-state index is 13.0. The highest BCUT2D eigenvalue weighted by Crippen LogP contribution is 2.42. The number of aromatic nitrogens is 1. The number of hydrogen-bond donors (Lipinski definition) is 3. The minimum Gasteiger partial charge on any atom is -0.488 e. The van der Waals surface area contributed by atoms with Crippen molar-refractivity contribution in [2.45, 2.75) is 64.2 Å². The molecule has 1 aromatic heterocycles. The summed E-state index contributed by atoms with van der Waals surface area (Å²) in [5, 5.41) is 6.37. The summed E-state index contributed by atoms with van der Waals surface area (Å²) in [6.45, 7) is 0.0168. The lowest BCUT2D eigenvalue weighted by molar-refractivity contribution is -0.145. The lowest BCUT2D eigenvalue weighted by atomic mass is 9.95. The number of ether oxygens (including phenoxy) is 4. The summed E-state index contributed by atoms with van der Waals surface area (Å²) in [7, 11) is 4.88. The van der Waals surface area contributed by atoms with Gasteiger partial charge in [0.05, 0.1) is 5.69 Å². The van der Waals surface area contributed by atoms with Gasteiger partial charge >= 0.3 is 5.97 Å². The lowest BCUT2D eigenvalue weighted by Crippen LogP contribution is -2.47. The molecule has 314 valence electrons. The van der Waals surface area contributed by atoms with Crippen molar-refractivity contribution >= 4 is 40.4 Å². The predicted molar refractivity (Wildman–Crippen MR) is 226 cm³/mol. The Kier molecular flexibility index (Phi) is 14.9. The molecular weight excluding hydrogens is 765 g/mol. The molecule has 6 rings (SSSR count). The van der Waals surface area contributed by atoms with E-state index >= 15 is 0 Å². The number of aromatic amines is 1. The number of benzene rings is 4. The number of fused-ring (bicyclic) bond motifs is 5. The molecule has 2 unspecified atom stereocenters. The maximum absolute atomic E-state index is 13.0. The number of unbranched alkanes of at least 4 members (excludes halogenated alkanes) is 1. The summed E-state index contributed by atoms with van der Waals surface area (Å²) in [5.41, 5.74) is 5.50. The minimum absolute atomic E-state index is 0.0137. The van der Waals surface area contributed by atoms with E-state index in [4.69, 9.17) is 18.9 Å². The molecule has 0 aliphatic carbocycles. The quantitative estimate of drug-likeness (QED) is 0.0568. The van der Waals surface area contributed by atoms with Gasteiger partial charge in [-0.25, -0.2) is 0 Å². The van der Waals surface area contributed by atoms with Gasteiger partial charge in [-0.1, -0.05) is 67.1 Å². The number of carbonyl (C=O) groups is 5. The number of H-pyrrole nitrogens is 1. The second-order valence-corrected chi connectivity index (χ2v) is 15.0. The summed E-state index contributed by atoms with van der Waals surface area (Å²) in [5.74, 6) is -0.323. The second kappa shape index (κ2) is 20.9. The molecule has 5 aromatic rings. The Morgan fingerprint density at radius 3 is 2.25 bits per heavy atom. The Bertz CT molecular complexity index is 2270. The molecule has 1 aliphatic rings. The predicted octanol–water partition coefficient (Wildman–Crippen LogP) is 6.32. The van der Waals surface area contributed by atoms with Crippen LogP contribution in [0.5, 0.6) is 17.2 Å². The first-order valence-electron chi connectivity index (χ1n) is 20.2. The van der Waals surface area contributed by atoms with Crippen LogP contribution >= 0.6 is 0 Å². The van der Waals surface area contributed by atoms with Crippen molar-refractivity contribution < 1.29 is 42.9 Å². The highest BCUT2D eigenvalue weighted by Gasteiger charge is 2.26. The molecule has 3 amide bonds. The highest BCUT2D eigenvalue weighted by molar-refractivity contribution is 5.94. The van der Waals surface area contributed by atoms with E-state index in [0.717, 1.165) is 38.9 Å². The van der Waals surface area contributed by atoms with E-state index in [1.165, 1.54) is 4.90 Å². The van der Waals surface area contributed by atoms with Crippen LogP contribution in [0, 0.1) is 5.92 Å². The van der Waals surface area contributed by atoms with E-state index in [9.17, 15) is 24.0 Å². The first kappa shape index (κ1) is 43.0. The zero-order valence-corrected chi connectivity index (χ0v) is 34.3. The highest BCUT2D eigenvalue weighted by atomic mass is 16.5. The van der Waals surface area contributed by atoms with Crippen molar-refractivity contribution in [3.8, 4) is 28.5 Å². The van der Waals surface area contributed by atoms with E-state index in [0.29, 0.717) is 49.4 Å². The van der Waals surface area contributed by atoms with Crippen molar-refractivity contribution in [2.75, 3.05) is 34.4 Å². The molecule has 2 atom stereocenters. The van der Waals surface area contributed by atoms with Crippen LogP contribution in [0.4, 0.5) is 0 Å². The van der Waals surface area contributed by atoms with Gasteiger partial charge in [-0.3, -0.25) is 24.0 Å². The largest absolute Gasteiger partial charge is 0.488 e. The zero-order valence-electron chi connectivity index (χ0n) is 34.3. The Morgan fingerprint density at radius 2 is 1.52 bits per heavy atom. The van der Waals surface area contributed by atoms with E-state index in [1.54, 1.807) is 39.3 Å². The molecule has 0 fully saturated rings. The molecular formula is C47H52N4O9. The maximum Gasteiger partial charge on any atom is 0.306 e. The van der Waals surface area contributed by atoms with Gasteiger partial charge < -0.3 is 39.5 Å². The number of carbonyl (C=O) groups excluding carboxylic acids is 5. The fourth-order valence-electron chi connectivity index (χ4n) is 7.17. The first-order chi connectivity index (χ1) is 29.1. The average molecular weight is 817 g/mol. The summed E-state index contributed by atoms with van der Waals surface area (Å²) in [6.07, 6.45) is 2.94. The number of ketones is 1. The van der Waals surface area contributed by atoms with Crippen LogP contribution in [0.1, 0.15) is 55.2 Å². The van der Waals surface area contributed by atoms with Crippen molar-refractivity contribution in [2.24, 2.45) is 5.92 Å². The molecule has 1 aliphatic heterocycles. The normalized spacial score (nSPS) is 12.5. The van der Waals surface area contributed by atoms with Crippen molar-refractivity contribution in [1.29, 1.82) is 0 Å². The molecule has 60 heavy (non-hydrogen) atoms. The lowest BCUT2D eigenvalue weighted by Gasteiger charge is -2.22. The molecule has 0 bridgehead atoms. The summed E-state index contributed by atoms with van der Waals surface area (Å²) < 4.78 is 23.2. The van der Waals surface area contributed by atoms with Crippen molar-refractivity contribution in [3.05, 3.63) is 114 Å². The van der Waals surface area contributed by atoms with Crippen LogP contribution in [0.15, 0.2) is 97.1 Å². The van der Waals surface area contributed by atoms with E-state index < -0.39 is 17.9 Å². The number of nitrogens with one attached hydrogen (secondary N) is 3. The monoisotopic (exact) mass is 816 g/mol. The number of Topliss-reactive ketones (excluding diaryl/α,β-unsaturated/α-hetero) is 1. The number of rotatable bonds is 21. The Balaban J connectivity index is 0.988. The smallest absolute Gasteiger partial charge is 0.306 e. The summed E-state index contributed by atoms with van der Waals surface area (Å²) in [4.78, 5) is 68.5. The van der Waals surface area contributed by atoms with Gasteiger partial charge in [-0.2, -0.15) is 0 Å². The molecule has 0 saturated carbocycles. The van der Waals surface area contributed by atoms with E-state index in [1.807, 2.05) is 78.9 Å². The Morgan fingerprint density at radius 1 is 0.817 bits per heavy atom. The van der Waals surface area contributed by atoms with Crippen molar-refractivity contribution in [3.63, 3.8) is 0 Å². The SMILES string of the molecule is CNC(=O)C(CCCCC(=O)OCc1ccccc1)CC(=O)COc1ccc2c(c1)OCc1c-2[nH]c2ccc(OCC(=O)NC(CCc3ccccc3)C(=O)N(C)C)cc12. The van der Waals surface area contributed by atoms with E-state index in [2.05, 4.69) is 15.6 Å². The van der Waals surface area contributed by atoms with Gasteiger partial charge in [0.15, 0.2) is 12.4 Å².